The minimum absolute atomic E-state index is 0.0351. The molecule has 0 spiro atoms. The fourth-order valence-corrected chi connectivity index (χ4v) is 3.74. The van der Waals surface area contributed by atoms with Gasteiger partial charge < -0.3 is 10.1 Å². The highest BCUT2D eigenvalue weighted by atomic mass is 32.2. The number of pyridine rings is 1. The summed E-state index contributed by atoms with van der Waals surface area (Å²) in [5.41, 5.74) is 2.06. The second-order valence-electron chi connectivity index (χ2n) is 6.59. The number of aromatic nitrogens is 4. The fourth-order valence-electron chi connectivity index (χ4n) is 2.86. The van der Waals surface area contributed by atoms with Gasteiger partial charge in [-0.05, 0) is 43.2 Å². The van der Waals surface area contributed by atoms with Gasteiger partial charge in [0.1, 0.15) is 5.75 Å². The smallest absolute Gasteiger partial charge is 0.233 e. The molecule has 1 atom stereocenters. The minimum atomic E-state index is -0.307. The van der Waals surface area contributed by atoms with Crippen LogP contribution in [0.4, 0.5) is 0 Å². The number of ether oxygens (including phenoxy) is 1. The number of methoxy groups -OCH3 is 1. The topological polar surface area (TPSA) is 81.9 Å². The lowest BCUT2D eigenvalue weighted by molar-refractivity contribution is -0.120. The van der Waals surface area contributed by atoms with Crippen LogP contribution >= 0.6 is 11.8 Å². The van der Waals surface area contributed by atoms with E-state index in [-0.39, 0.29) is 11.2 Å². The first-order valence-corrected chi connectivity index (χ1v) is 10.5. The van der Waals surface area contributed by atoms with Gasteiger partial charge in [0.2, 0.25) is 5.91 Å². The molecule has 1 aromatic carbocycles. The summed E-state index contributed by atoms with van der Waals surface area (Å²) in [6.07, 6.45) is 5.98. The van der Waals surface area contributed by atoms with Crippen molar-refractivity contribution >= 4 is 17.7 Å². The molecule has 0 aliphatic heterocycles. The highest BCUT2D eigenvalue weighted by Crippen LogP contribution is 2.26. The largest absolute Gasteiger partial charge is 0.497 e. The van der Waals surface area contributed by atoms with Crippen molar-refractivity contribution in [1.82, 2.24) is 25.1 Å². The van der Waals surface area contributed by atoms with Gasteiger partial charge in [0.25, 0.3) is 0 Å². The van der Waals surface area contributed by atoms with Crippen LogP contribution in [0.3, 0.4) is 0 Å². The highest BCUT2D eigenvalue weighted by molar-refractivity contribution is 8.00. The molecular weight excluding hydrogens is 398 g/mol. The van der Waals surface area contributed by atoms with Crippen LogP contribution in [0.25, 0.3) is 11.4 Å². The van der Waals surface area contributed by atoms with E-state index in [2.05, 4.69) is 27.1 Å². The van der Waals surface area contributed by atoms with E-state index < -0.39 is 0 Å². The summed E-state index contributed by atoms with van der Waals surface area (Å²) in [5, 5.41) is 12.0. The highest BCUT2D eigenvalue weighted by Gasteiger charge is 2.20. The molecule has 2 aromatic heterocycles. The average Bonchev–Trinajstić information content (AvgIpc) is 3.17. The molecule has 0 fully saturated rings. The maximum absolute atomic E-state index is 12.5. The van der Waals surface area contributed by atoms with Gasteiger partial charge >= 0.3 is 0 Å². The van der Waals surface area contributed by atoms with E-state index >= 15 is 0 Å². The van der Waals surface area contributed by atoms with Crippen LogP contribution in [0.1, 0.15) is 12.5 Å². The number of benzene rings is 1. The van der Waals surface area contributed by atoms with Crippen molar-refractivity contribution in [2.75, 3.05) is 13.7 Å². The second-order valence-corrected chi connectivity index (χ2v) is 7.90. The molecule has 3 aromatic rings. The Bertz CT molecular complexity index is 973. The molecule has 0 aliphatic carbocycles. The molecule has 7 nitrogen and oxygen atoms in total. The van der Waals surface area contributed by atoms with Crippen LogP contribution < -0.4 is 10.1 Å². The molecule has 3 rings (SSSR count). The Morgan fingerprint density at radius 1 is 1.23 bits per heavy atom. The molecule has 1 N–H and O–H groups in total. The number of amides is 1. The molecule has 0 unspecified atom stereocenters. The summed E-state index contributed by atoms with van der Waals surface area (Å²) >= 11 is 1.38. The van der Waals surface area contributed by atoms with Gasteiger partial charge in [0.05, 0.1) is 12.4 Å². The fraction of sp³-hybridized carbons (Fsp3) is 0.273. The predicted molar refractivity (Wildman–Crippen MR) is 118 cm³/mol. The summed E-state index contributed by atoms with van der Waals surface area (Å²) in [4.78, 5) is 16.6. The van der Waals surface area contributed by atoms with Crippen LogP contribution in [-0.4, -0.2) is 44.6 Å². The van der Waals surface area contributed by atoms with Crippen molar-refractivity contribution in [3.05, 3.63) is 67.0 Å². The molecule has 0 saturated carbocycles. The van der Waals surface area contributed by atoms with Crippen LogP contribution in [0.5, 0.6) is 5.75 Å². The second kappa shape index (κ2) is 10.6. The van der Waals surface area contributed by atoms with E-state index in [9.17, 15) is 4.79 Å². The Hall–Kier alpha value is -3.13. The molecule has 30 heavy (non-hydrogen) atoms. The van der Waals surface area contributed by atoms with Crippen molar-refractivity contribution < 1.29 is 9.53 Å². The number of nitrogens with one attached hydrogen (secondary N) is 1. The van der Waals surface area contributed by atoms with E-state index in [1.807, 2.05) is 47.9 Å². The minimum Gasteiger partial charge on any atom is -0.497 e. The number of hydrogen-bond donors (Lipinski definition) is 1. The van der Waals surface area contributed by atoms with Gasteiger partial charge in [0.15, 0.2) is 11.0 Å². The lowest BCUT2D eigenvalue weighted by Crippen LogP contribution is -2.32. The first kappa shape index (κ1) is 21.6. The van der Waals surface area contributed by atoms with Crippen molar-refractivity contribution in [3.8, 4) is 17.1 Å². The first-order chi connectivity index (χ1) is 14.6. The number of hydrogen-bond acceptors (Lipinski definition) is 6. The lowest BCUT2D eigenvalue weighted by Gasteiger charge is -2.13. The van der Waals surface area contributed by atoms with E-state index in [4.69, 9.17) is 4.74 Å². The Kier molecular flexibility index (Phi) is 7.62. The zero-order valence-electron chi connectivity index (χ0n) is 17.1. The third-order valence-electron chi connectivity index (χ3n) is 4.49. The standard InChI is InChI=1S/C22H25N5O2S/c1-4-15-27-20(18-10-12-23-13-11-18)25-26-22(27)30-16(2)21(28)24-14-9-17-5-7-19(29-3)8-6-17/h4-8,10-13,16H,1,9,14-15H2,2-3H3,(H,24,28)/t16-/m1/s1. The summed E-state index contributed by atoms with van der Waals surface area (Å²) in [5.74, 6) is 1.52. The third-order valence-corrected chi connectivity index (χ3v) is 5.57. The Morgan fingerprint density at radius 2 is 1.97 bits per heavy atom. The van der Waals surface area contributed by atoms with E-state index in [1.54, 1.807) is 25.6 Å². The number of nitrogens with zero attached hydrogens (tertiary/aromatic N) is 4. The SMILES string of the molecule is C=CCn1c(S[C@H](C)C(=O)NCCc2ccc(OC)cc2)nnc1-c1ccncc1. The maximum atomic E-state index is 12.5. The average molecular weight is 424 g/mol. The summed E-state index contributed by atoms with van der Waals surface area (Å²) in [6, 6.07) is 11.6. The number of rotatable bonds is 10. The Labute approximate surface area is 180 Å². The van der Waals surface area contributed by atoms with Gasteiger partial charge in [-0.1, -0.05) is 30.0 Å². The van der Waals surface area contributed by atoms with E-state index in [1.165, 1.54) is 11.8 Å². The molecule has 156 valence electrons. The Morgan fingerprint density at radius 3 is 2.63 bits per heavy atom. The normalized spacial score (nSPS) is 11.7. The van der Waals surface area contributed by atoms with E-state index in [0.29, 0.717) is 18.2 Å². The van der Waals surface area contributed by atoms with Gasteiger partial charge in [0, 0.05) is 31.0 Å². The molecule has 0 aliphatic rings. The van der Waals surface area contributed by atoms with Gasteiger partial charge in [-0.25, -0.2) is 0 Å². The molecule has 0 saturated heterocycles. The number of thioether (sulfide) groups is 1. The zero-order valence-corrected chi connectivity index (χ0v) is 17.9. The van der Waals surface area contributed by atoms with Gasteiger partial charge in [-0.2, -0.15) is 0 Å². The molecular formula is C22H25N5O2S. The molecule has 2 heterocycles. The summed E-state index contributed by atoms with van der Waals surface area (Å²) in [6.45, 7) is 6.81. The van der Waals surface area contributed by atoms with Crippen LogP contribution in [-0.2, 0) is 17.8 Å². The number of allylic oxidation sites excluding steroid dienone is 1. The Balaban J connectivity index is 1.59. The maximum Gasteiger partial charge on any atom is 0.233 e. The van der Waals surface area contributed by atoms with Gasteiger partial charge in [-0.3, -0.25) is 14.3 Å². The molecule has 0 radical (unpaired) electrons. The predicted octanol–water partition coefficient (Wildman–Crippen LogP) is 3.37. The summed E-state index contributed by atoms with van der Waals surface area (Å²) < 4.78 is 7.11. The third kappa shape index (κ3) is 5.48. The molecule has 8 heteroatoms. The zero-order chi connectivity index (χ0) is 21.3. The van der Waals surface area contributed by atoms with Crippen molar-refractivity contribution in [2.24, 2.45) is 0 Å². The first-order valence-electron chi connectivity index (χ1n) is 9.64. The lowest BCUT2D eigenvalue weighted by atomic mass is 10.1. The van der Waals surface area contributed by atoms with E-state index in [0.717, 1.165) is 29.1 Å². The monoisotopic (exact) mass is 423 g/mol. The summed E-state index contributed by atoms with van der Waals surface area (Å²) in [7, 11) is 1.64. The van der Waals surface area contributed by atoms with Crippen LogP contribution in [0.15, 0.2) is 66.6 Å². The van der Waals surface area contributed by atoms with Crippen molar-refractivity contribution in [1.29, 1.82) is 0 Å². The van der Waals surface area contributed by atoms with Crippen molar-refractivity contribution in [3.63, 3.8) is 0 Å². The number of carbonyl (C=O) groups is 1. The number of carbonyl (C=O) groups excluding carboxylic acids is 1. The van der Waals surface area contributed by atoms with Gasteiger partial charge in [-0.15, -0.1) is 16.8 Å². The molecule has 1 amide bonds. The quantitative estimate of drug-likeness (QED) is 0.398. The van der Waals surface area contributed by atoms with Crippen LogP contribution in [0.2, 0.25) is 0 Å². The van der Waals surface area contributed by atoms with Crippen molar-refractivity contribution in [2.45, 2.75) is 30.3 Å². The molecule has 0 bridgehead atoms. The van der Waals surface area contributed by atoms with Crippen LogP contribution in [0, 0.1) is 0 Å².